The SMILES string of the molecule is C[C@H](O)C(COC(=O)CCC(=O)O[C@@H]1C(O)C(O)[C@@H](O)[C@@H](O)C1O)O[C@@H](O)[C@@H](O)CO. The number of hydrogen-bond donors (Lipinski definition) is 9. The fraction of sp³-hybridized carbons (Fsp3) is 0.882. The maximum absolute atomic E-state index is 11.9. The summed E-state index contributed by atoms with van der Waals surface area (Å²) in [6, 6.07) is 0. The molecule has 4 unspecified atom stereocenters. The van der Waals surface area contributed by atoms with Crippen molar-refractivity contribution in [2.45, 2.75) is 81.0 Å². The lowest BCUT2D eigenvalue weighted by Crippen LogP contribution is -2.64. The van der Waals surface area contributed by atoms with Gasteiger partial charge in [-0.1, -0.05) is 0 Å². The van der Waals surface area contributed by atoms with Crippen LogP contribution in [0.25, 0.3) is 0 Å². The number of ether oxygens (including phenoxy) is 3. The van der Waals surface area contributed by atoms with Crippen LogP contribution in [0.2, 0.25) is 0 Å². The lowest BCUT2D eigenvalue weighted by molar-refractivity contribution is -0.233. The Balaban J connectivity index is 2.48. The highest BCUT2D eigenvalue weighted by Gasteiger charge is 2.50. The molecular weight excluding hydrogens is 428 g/mol. The molecule has 1 rings (SSSR count). The standard InChI is InChI=1S/C17H30O14/c1-6(19)8(30-17(28)7(20)4-18)5-29-9(21)2-3-10(22)31-16-14(26)12(24)11(23)13(25)15(16)27/h6-8,11-20,23-28H,2-5H2,1H3/t6-,7-,8?,11-,12+,13?,14?,15?,16-,17+/m0/s1. The number of aliphatic hydroxyl groups is 9. The highest BCUT2D eigenvalue weighted by atomic mass is 16.6. The van der Waals surface area contributed by atoms with Crippen LogP contribution in [-0.4, -0.2) is 132 Å². The minimum Gasteiger partial charge on any atom is -0.463 e. The number of rotatable bonds is 11. The summed E-state index contributed by atoms with van der Waals surface area (Å²) in [5, 5.41) is 85.3. The van der Waals surface area contributed by atoms with E-state index in [1.165, 1.54) is 6.92 Å². The van der Waals surface area contributed by atoms with Gasteiger partial charge >= 0.3 is 11.9 Å². The molecule has 0 saturated heterocycles. The summed E-state index contributed by atoms with van der Waals surface area (Å²) in [6.07, 6.45) is -18.2. The molecule has 0 aromatic carbocycles. The fourth-order valence-corrected chi connectivity index (χ4v) is 2.65. The van der Waals surface area contributed by atoms with E-state index in [-0.39, 0.29) is 0 Å². The van der Waals surface area contributed by atoms with Gasteiger partial charge in [0.05, 0.1) is 25.6 Å². The van der Waals surface area contributed by atoms with Crippen LogP contribution in [-0.2, 0) is 23.8 Å². The first-order chi connectivity index (χ1) is 14.4. The third-order valence-electron chi connectivity index (χ3n) is 4.65. The van der Waals surface area contributed by atoms with Gasteiger partial charge in [-0.25, -0.2) is 0 Å². The van der Waals surface area contributed by atoms with Crippen LogP contribution in [0.15, 0.2) is 0 Å². The quantitative estimate of drug-likeness (QED) is 0.104. The van der Waals surface area contributed by atoms with Crippen molar-refractivity contribution in [3.63, 3.8) is 0 Å². The maximum atomic E-state index is 11.9. The molecule has 0 aliphatic heterocycles. The van der Waals surface area contributed by atoms with E-state index in [9.17, 15) is 50.4 Å². The van der Waals surface area contributed by atoms with Crippen LogP contribution in [0.5, 0.6) is 0 Å². The molecule has 14 nitrogen and oxygen atoms in total. The summed E-state index contributed by atoms with van der Waals surface area (Å²) < 4.78 is 14.5. The van der Waals surface area contributed by atoms with Crippen molar-refractivity contribution >= 4 is 11.9 Å². The topological polar surface area (TPSA) is 244 Å². The molecular formula is C17H30O14. The number of carbonyl (C=O) groups excluding carboxylic acids is 2. The van der Waals surface area contributed by atoms with Crippen LogP contribution in [0, 0.1) is 0 Å². The molecule has 182 valence electrons. The van der Waals surface area contributed by atoms with Crippen LogP contribution in [0.1, 0.15) is 19.8 Å². The van der Waals surface area contributed by atoms with E-state index in [0.717, 1.165) is 0 Å². The van der Waals surface area contributed by atoms with Crippen molar-refractivity contribution in [2.75, 3.05) is 13.2 Å². The predicted molar refractivity (Wildman–Crippen MR) is 95.8 cm³/mol. The fourth-order valence-electron chi connectivity index (χ4n) is 2.65. The Bertz CT molecular complexity index is 555. The molecule has 0 spiro atoms. The number of carbonyl (C=O) groups is 2. The first-order valence-electron chi connectivity index (χ1n) is 9.46. The molecule has 1 aliphatic rings. The van der Waals surface area contributed by atoms with Crippen LogP contribution >= 0.6 is 0 Å². The Labute approximate surface area is 176 Å². The number of esters is 2. The molecule has 14 heteroatoms. The van der Waals surface area contributed by atoms with Gasteiger partial charge in [0.25, 0.3) is 0 Å². The Kier molecular flexibility index (Phi) is 11.2. The lowest BCUT2D eigenvalue weighted by atomic mass is 9.85. The van der Waals surface area contributed by atoms with Crippen LogP contribution in [0.3, 0.4) is 0 Å². The third kappa shape index (κ3) is 7.87. The average Bonchev–Trinajstić information content (AvgIpc) is 2.74. The van der Waals surface area contributed by atoms with Crippen molar-refractivity contribution in [3.05, 3.63) is 0 Å². The number of aliphatic hydroxyl groups excluding tert-OH is 9. The zero-order chi connectivity index (χ0) is 23.9. The summed E-state index contributed by atoms with van der Waals surface area (Å²) in [4.78, 5) is 23.7. The molecule has 1 fully saturated rings. The molecule has 0 radical (unpaired) electrons. The largest absolute Gasteiger partial charge is 0.463 e. The second-order valence-electron chi connectivity index (χ2n) is 7.15. The molecule has 10 atom stereocenters. The summed E-state index contributed by atoms with van der Waals surface area (Å²) in [7, 11) is 0. The van der Waals surface area contributed by atoms with Crippen LogP contribution < -0.4 is 0 Å². The van der Waals surface area contributed by atoms with Gasteiger partial charge in [0.1, 0.15) is 49.3 Å². The van der Waals surface area contributed by atoms with Gasteiger partial charge in [-0.2, -0.15) is 0 Å². The van der Waals surface area contributed by atoms with Gasteiger partial charge in [0, 0.05) is 0 Å². The second-order valence-corrected chi connectivity index (χ2v) is 7.15. The van der Waals surface area contributed by atoms with Gasteiger partial charge < -0.3 is 60.2 Å². The summed E-state index contributed by atoms with van der Waals surface area (Å²) in [5.74, 6) is -2.02. The van der Waals surface area contributed by atoms with Gasteiger partial charge in [-0.15, -0.1) is 0 Å². The molecule has 1 aliphatic carbocycles. The van der Waals surface area contributed by atoms with Crippen molar-refractivity contribution in [1.82, 2.24) is 0 Å². The smallest absolute Gasteiger partial charge is 0.306 e. The third-order valence-corrected chi connectivity index (χ3v) is 4.65. The molecule has 0 aromatic rings. The van der Waals surface area contributed by atoms with E-state index in [2.05, 4.69) is 0 Å². The Morgan fingerprint density at radius 1 is 0.839 bits per heavy atom. The zero-order valence-electron chi connectivity index (χ0n) is 16.7. The Hall–Kier alpha value is -1.46. The van der Waals surface area contributed by atoms with Gasteiger partial charge in [-0.05, 0) is 6.92 Å². The average molecular weight is 458 g/mol. The highest BCUT2D eigenvalue weighted by molar-refractivity contribution is 5.77. The minimum absolute atomic E-state index is 0.528. The van der Waals surface area contributed by atoms with E-state index in [1.807, 2.05) is 0 Å². The van der Waals surface area contributed by atoms with E-state index >= 15 is 0 Å². The lowest BCUT2D eigenvalue weighted by Gasteiger charge is -2.41. The van der Waals surface area contributed by atoms with Gasteiger partial charge in [0.15, 0.2) is 12.4 Å². The van der Waals surface area contributed by atoms with E-state index in [4.69, 9.17) is 19.3 Å². The molecule has 31 heavy (non-hydrogen) atoms. The molecule has 0 aromatic heterocycles. The normalized spacial score (nSPS) is 32.6. The van der Waals surface area contributed by atoms with Gasteiger partial charge in [-0.3, -0.25) is 9.59 Å². The first-order valence-corrected chi connectivity index (χ1v) is 9.46. The Morgan fingerprint density at radius 2 is 1.32 bits per heavy atom. The molecule has 0 amide bonds. The predicted octanol–water partition coefficient (Wildman–Crippen LogP) is -5.52. The van der Waals surface area contributed by atoms with Gasteiger partial charge in [0.2, 0.25) is 0 Å². The maximum Gasteiger partial charge on any atom is 0.306 e. The molecule has 0 heterocycles. The van der Waals surface area contributed by atoms with Crippen LogP contribution in [0.4, 0.5) is 0 Å². The molecule has 1 saturated carbocycles. The summed E-state index contributed by atoms with van der Waals surface area (Å²) in [6.45, 7) is -0.113. The molecule has 9 N–H and O–H groups in total. The first kappa shape index (κ1) is 27.6. The summed E-state index contributed by atoms with van der Waals surface area (Å²) >= 11 is 0. The monoisotopic (exact) mass is 458 g/mol. The van der Waals surface area contributed by atoms with Crippen molar-refractivity contribution in [2.24, 2.45) is 0 Å². The van der Waals surface area contributed by atoms with E-state index < -0.39 is 99.2 Å². The number of hydrogen-bond acceptors (Lipinski definition) is 14. The van der Waals surface area contributed by atoms with Crippen molar-refractivity contribution < 1.29 is 69.8 Å². The van der Waals surface area contributed by atoms with E-state index in [1.54, 1.807) is 0 Å². The van der Waals surface area contributed by atoms with E-state index in [0.29, 0.717) is 0 Å². The van der Waals surface area contributed by atoms with Crippen molar-refractivity contribution in [1.29, 1.82) is 0 Å². The molecule has 0 bridgehead atoms. The summed E-state index contributed by atoms with van der Waals surface area (Å²) in [5.41, 5.74) is 0. The second kappa shape index (κ2) is 12.5. The minimum atomic E-state index is -1.88. The van der Waals surface area contributed by atoms with Crippen molar-refractivity contribution in [3.8, 4) is 0 Å². The zero-order valence-corrected chi connectivity index (χ0v) is 16.7. The Morgan fingerprint density at radius 3 is 1.81 bits per heavy atom. The highest BCUT2D eigenvalue weighted by Crippen LogP contribution is 2.24.